The average molecular weight is 352 g/mol. The van der Waals surface area contributed by atoms with Crippen molar-refractivity contribution in [1.29, 1.82) is 0 Å². The number of ether oxygens (including phenoxy) is 2. The molecule has 0 aliphatic carbocycles. The first-order valence-electron chi connectivity index (χ1n) is 7.67. The zero-order chi connectivity index (χ0) is 18.5. The third-order valence-corrected chi connectivity index (χ3v) is 3.62. The van der Waals surface area contributed by atoms with E-state index >= 15 is 0 Å². The van der Waals surface area contributed by atoms with Gasteiger partial charge in [-0.15, -0.1) is 0 Å². The number of amides is 1. The number of hydrazone groups is 1. The maximum atomic E-state index is 12.2. The van der Waals surface area contributed by atoms with E-state index in [1.54, 1.807) is 49.6 Å². The molecule has 3 rings (SSSR count). The van der Waals surface area contributed by atoms with Crippen molar-refractivity contribution in [3.63, 3.8) is 0 Å². The van der Waals surface area contributed by atoms with E-state index in [0.29, 0.717) is 28.0 Å². The standard InChI is InChI=1S/C18H16N4O4/c1-25-14-8-7-11(9-15(14)26-2)10-19-22-18(24)16-20-13-6-4-3-5-12(13)17(23)21-16/h3-10H,1-2H3,(H,22,24)(H,20,21,23). The number of hydrogen-bond donors (Lipinski definition) is 2. The number of H-pyrrole nitrogens is 1. The van der Waals surface area contributed by atoms with Crippen molar-refractivity contribution in [2.24, 2.45) is 5.10 Å². The molecular formula is C18H16N4O4. The third-order valence-electron chi connectivity index (χ3n) is 3.62. The van der Waals surface area contributed by atoms with Crippen LogP contribution in [0.4, 0.5) is 0 Å². The van der Waals surface area contributed by atoms with Crippen molar-refractivity contribution < 1.29 is 14.3 Å². The van der Waals surface area contributed by atoms with Crippen LogP contribution >= 0.6 is 0 Å². The number of aromatic nitrogens is 2. The van der Waals surface area contributed by atoms with Crippen LogP contribution in [0.3, 0.4) is 0 Å². The summed E-state index contributed by atoms with van der Waals surface area (Å²) < 4.78 is 10.4. The van der Waals surface area contributed by atoms with Crippen LogP contribution in [-0.2, 0) is 0 Å². The first kappa shape index (κ1) is 17.2. The highest BCUT2D eigenvalue weighted by Crippen LogP contribution is 2.26. The van der Waals surface area contributed by atoms with E-state index in [2.05, 4.69) is 20.5 Å². The molecule has 0 aliphatic heterocycles. The number of para-hydroxylation sites is 1. The zero-order valence-corrected chi connectivity index (χ0v) is 14.1. The molecule has 0 bridgehead atoms. The van der Waals surface area contributed by atoms with Crippen LogP contribution in [0, 0.1) is 0 Å². The van der Waals surface area contributed by atoms with Gasteiger partial charge in [-0.2, -0.15) is 5.10 Å². The molecule has 2 aromatic carbocycles. The van der Waals surface area contributed by atoms with Gasteiger partial charge in [0.05, 0.1) is 31.3 Å². The maximum absolute atomic E-state index is 12.2. The first-order chi connectivity index (χ1) is 12.6. The van der Waals surface area contributed by atoms with Crippen LogP contribution in [0.5, 0.6) is 11.5 Å². The number of rotatable bonds is 5. The second-order valence-electron chi connectivity index (χ2n) is 5.25. The Morgan fingerprint density at radius 1 is 1.15 bits per heavy atom. The van der Waals surface area contributed by atoms with E-state index < -0.39 is 5.91 Å². The number of nitrogens with one attached hydrogen (secondary N) is 2. The quantitative estimate of drug-likeness (QED) is 0.537. The van der Waals surface area contributed by atoms with Crippen molar-refractivity contribution in [3.8, 4) is 11.5 Å². The molecule has 8 heteroatoms. The molecule has 2 N–H and O–H groups in total. The summed E-state index contributed by atoms with van der Waals surface area (Å²) >= 11 is 0. The Balaban J connectivity index is 1.76. The van der Waals surface area contributed by atoms with E-state index in [1.807, 2.05) is 0 Å². The summed E-state index contributed by atoms with van der Waals surface area (Å²) in [6.07, 6.45) is 1.44. The molecule has 3 aromatic rings. The molecule has 1 amide bonds. The number of aromatic amines is 1. The first-order valence-corrected chi connectivity index (χ1v) is 7.67. The third kappa shape index (κ3) is 3.54. The van der Waals surface area contributed by atoms with Crippen LogP contribution in [0.15, 0.2) is 52.4 Å². The fourth-order valence-corrected chi connectivity index (χ4v) is 2.35. The smallest absolute Gasteiger partial charge is 0.307 e. The van der Waals surface area contributed by atoms with Crippen molar-refractivity contribution in [2.45, 2.75) is 0 Å². The van der Waals surface area contributed by atoms with E-state index in [1.165, 1.54) is 13.3 Å². The number of hydrogen-bond acceptors (Lipinski definition) is 6. The Kier molecular flexibility index (Phi) is 4.93. The van der Waals surface area contributed by atoms with Gasteiger partial charge in [-0.25, -0.2) is 10.4 Å². The lowest BCUT2D eigenvalue weighted by Gasteiger charge is -2.07. The maximum Gasteiger partial charge on any atom is 0.307 e. The monoisotopic (exact) mass is 352 g/mol. The normalized spacial score (nSPS) is 10.8. The van der Waals surface area contributed by atoms with Gasteiger partial charge in [0.1, 0.15) is 0 Å². The van der Waals surface area contributed by atoms with Gasteiger partial charge >= 0.3 is 5.91 Å². The Labute approximate surface area is 148 Å². The Morgan fingerprint density at radius 2 is 1.92 bits per heavy atom. The number of nitrogens with zero attached hydrogens (tertiary/aromatic N) is 2. The zero-order valence-electron chi connectivity index (χ0n) is 14.1. The SMILES string of the molecule is COc1ccc(C=NNC(=O)c2nc3ccccc3c(=O)[nH]2)cc1OC. The van der Waals surface area contributed by atoms with Gasteiger partial charge in [-0.3, -0.25) is 9.59 Å². The van der Waals surface area contributed by atoms with Crippen molar-refractivity contribution in [1.82, 2.24) is 15.4 Å². The fraction of sp³-hybridized carbons (Fsp3) is 0.111. The predicted octanol–water partition coefficient (Wildman–Crippen LogP) is 1.70. The lowest BCUT2D eigenvalue weighted by atomic mass is 10.2. The average Bonchev–Trinajstić information content (AvgIpc) is 2.67. The summed E-state index contributed by atoms with van der Waals surface area (Å²) in [5.74, 6) is 0.401. The van der Waals surface area contributed by atoms with Crippen LogP contribution in [0.1, 0.15) is 16.2 Å². The predicted molar refractivity (Wildman–Crippen MR) is 97.0 cm³/mol. The van der Waals surface area contributed by atoms with E-state index in [-0.39, 0.29) is 11.4 Å². The van der Waals surface area contributed by atoms with Gasteiger partial charge in [-0.05, 0) is 35.9 Å². The van der Waals surface area contributed by atoms with Gasteiger partial charge < -0.3 is 14.5 Å². The minimum Gasteiger partial charge on any atom is -0.493 e. The summed E-state index contributed by atoms with van der Waals surface area (Å²) in [6.45, 7) is 0. The largest absolute Gasteiger partial charge is 0.493 e. The molecule has 0 atom stereocenters. The van der Waals surface area contributed by atoms with E-state index in [0.717, 1.165) is 0 Å². The molecule has 26 heavy (non-hydrogen) atoms. The lowest BCUT2D eigenvalue weighted by molar-refractivity contribution is 0.0945. The van der Waals surface area contributed by atoms with E-state index in [4.69, 9.17) is 9.47 Å². The summed E-state index contributed by atoms with van der Waals surface area (Å²) in [4.78, 5) is 30.7. The fourth-order valence-electron chi connectivity index (χ4n) is 2.35. The molecule has 1 heterocycles. The summed E-state index contributed by atoms with van der Waals surface area (Å²) in [5, 5.41) is 4.29. The van der Waals surface area contributed by atoms with Crippen molar-refractivity contribution in [3.05, 3.63) is 64.2 Å². The van der Waals surface area contributed by atoms with Crippen molar-refractivity contribution >= 4 is 23.0 Å². The lowest BCUT2D eigenvalue weighted by Crippen LogP contribution is -2.24. The van der Waals surface area contributed by atoms with Crippen LogP contribution < -0.4 is 20.5 Å². The minimum atomic E-state index is -0.621. The molecular weight excluding hydrogens is 336 g/mol. The van der Waals surface area contributed by atoms with Gasteiger partial charge in [0.25, 0.3) is 5.56 Å². The number of carbonyl (C=O) groups is 1. The Morgan fingerprint density at radius 3 is 2.69 bits per heavy atom. The molecule has 0 unspecified atom stereocenters. The highest BCUT2D eigenvalue weighted by atomic mass is 16.5. The Hall–Kier alpha value is -3.68. The minimum absolute atomic E-state index is 0.113. The summed E-state index contributed by atoms with van der Waals surface area (Å²) in [6, 6.07) is 12.0. The number of fused-ring (bicyclic) bond motifs is 1. The highest BCUT2D eigenvalue weighted by molar-refractivity contribution is 5.93. The summed E-state index contributed by atoms with van der Waals surface area (Å²) in [5.41, 5.74) is 3.08. The van der Waals surface area contributed by atoms with Gasteiger partial charge in [0.15, 0.2) is 11.5 Å². The molecule has 1 aromatic heterocycles. The van der Waals surface area contributed by atoms with Gasteiger partial charge in [-0.1, -0.05) is 12.1 Å². The van der Waals surface area contributed by atoms with Crippen molar-refractivity contribution in [2.75, 3.05) is 14.2 Å². The second-order valence-corrected chi connectivity index (χ2v) is 5.25. The second kappa shape index (κ2) is 7.47. The van der Waals surface area contributed by atoms with Crippen LogP contribution in [-0.4, -0.2) is 36.3 Å². The molecule has 8 nitrogen and oxygen atoms in total. The molecule has 0 radical (unpaired) electrons. The molecule has 0 saturated carbocycles. The Bertz CT molecular complexity index is 1040. The van der Waals surface area contributed by atoms with Gasteiger partial charge in [0, 0.05) is 0 Å². The number of carbonyl (C=O) groups excluding carboxylic acids is 1. The molecule has 132 valence electrons. The highest BCUT2D eigenvalue weighted by Gasteiger charge is 2.10. The molecule has 0 aliphatic rings. The molecule has 0 spiro atoms. The summed E-state index contributed by atoms with van der Waals surface area (Å²) in [7, 11) is 3.07. The number of benzene rings is 2. The topological polar surface area (TPSA) is 106 Å². The van der Waals surface area contributed by atoms with Gasteiger partial charge in [0.2, 0.25) is 5.82 Å². The molecule has 0 fully saturated rings. The van der Waals surface area contributed by atoms with E-state index in [9.17, 15) is 9.59 Å². The van der Waals surface area contributed by atoms with Crippen LogP contribution in [0.25, 0.3) is 10.9 Å². The number of methoxy groups -OCH3 is 2. The molecule has 0 saturated heterocycles. The van der Waals surface area contributed by atoms with Crippen LogP contribution in [0.2, 0.25) is 0 Å².